The fourth-order valence-corrected chi connectivity index (χ4v) is 3.78. The van der Waals surface area contributed by atoms with E-state index < -0.39 is 23.4 Å². The summed E-state index contributed by atoms with van der Waals surface area (Å²) in [5.74, 6) is 0.294. The van der Waals surface area contributed by atoms with Gasteiger partial charge in [0.2, 0.25) is 5.28 Å². The highest BCUT2D eigenvalue weighted by molar-refractivity contribution is 6.29. The molecule has 11 heteroatoms. The molecule has 0 atom stereocenters. The van der Waals surface area contributed by atoms with Crippen molar-refractivity contribution in [3.63, 3.8) is 0 Å². The molecule has 0 aliphatic carbocycles. The summed E-state index contributed by atoms with van der Waals surface area (Å²) in [6.45, 7) is 10.7. The number of amides is 1. The zero-order valence-corrected chi connectivity index (χ0v) is 22.6. The van der Waals surface area contributed by atoms with Gasteiger partial charge in [-0.2, -0.15) is 14.8 Å². The second-order valence-corrected chi connectivity index (χ2v) is 10.8. The zero-order chi connectivity index (χ0) is 27.1. The van der Waals surface area contributed by atoms with Gasteiger partial charge in [-0.05, 0) is 76.9 Å². The van der Waals surface area contributed by atoms with Crippen molar-refractivity contribution in [3.05, 3.63) is 54.2 Å². The number of aryl methyl sites for hydroxylation is 1. The summed E-state index contributed by atoms with van der Waals surface area (Å²) in [5, 5.41) is 4.13. The number of fused-ring (bicyclic) bond motifs is 1. The van der Waals surface area contributed by atoms with Crippen LogP contribution < -0.4 is 4.90 Å². The Bertz CT molecular complexity index is 1460. The van der Waals surface area contributed by atoms with Crippen molar-refractivity contribution < 1.29 is 19.1 Å². The van der Waals surface area contributed by atoms with E-state index in [0.717, 1.165) is 10.2 Å². The first-order chi connectivity index (χ1) is 17.2. The van der Waals surface area contributed by atoms with Gasteiger partial charge in [-0.3, -0.25) is 0 Å². The lowest BCUT2D eigenvalue weighted by Crippen LogP contribution is -2.34. The SMILES string of the molecule is Cn1ccc2nc(Cl)nc(N(C(=O)OC(C)(C)C)c3ccc(-c4cnn(C(=O)OC(C)(C)C)c4)cc3)c21. The average molecular weight is 525 g/mol. The summed E-state index contributed by atoms with van der Waals surface area (Å²) < 4.78 is 14.0. The minimum Gasteiger partial charge on any atom is -0.443 e. The van der Waals surface area contributed by atoms with Crippen molar-refractivity contribution >= 4 is 46.3 Å². The molecule has 194 valence electrons. The first-order valence-electron chi connectivity index (χ1n) is 11.6. The normalized spacial score (nSPS) is 12.0. The molecule has 1 aromatic carbocycles. The molecule has 0 fully saturated rings. The summed E-state index contributed by atoms with van der Waals surface area (Å²) in [7, 11) is 1.84. The Balaban J connectivity index is 1.73. The zero-order valence-electron chi connectivity index (χ0n) is 21.8. The van der Waals surface area contributed by atoms with Crippen molar-refractivity contribution in [1.29, 1.82) is 0 Å². The molecule has 1 amide bonds. The number of ether oxygens (including phenoxy) is 2. The highest BCUT2D eigenvalue weighted by atomic mass is 35.5. The molecule has 3 heterocycles. The molecule has 10 nitrogen and oxygen atoms in total. The van der Waals surface area contributed by atoms with Gasteiger partial charge in [0.1, 0.15) is 16.7 Å². The summed E-state index contributed by atoms with van der Waals surface area (Å²) >= 11 is 6.22. The van der Waals surface area contributed by atoms with E-state index in [-0.39, 0.29) is 5.28 Å². The average Bonchev–Trinajstić information content (AvgIpc) is 3.39. The predicted molar refractivity (Wildman–Crippen MR) is 141 cm³/mol. The lowest BCUT2D eigenvalue weighted by Gasteiger charge is -2.27. The van der Waals surface area contributed by atoms with Crippen LogP contribution in [0.4, 0.5) is 21.1 Å². The number of nitrogens with zero attached hydrogens (tertiary/aromatic N) is 6. The minimum absolute atomic E-state index is 0.00781. The Morgan fingerprint density at radius 2 is 1.57 bits per heavy atom. The molecule has 0 unspecified atom stereocenters. The third kappa shape index (κ3) is 5.91. The van der Waals surface area contributed by atoms with Gasteiger partial charge in [0.15, 0.2) is 5.82 Å². The number of aromatic nitrogens is 5. The van der Waals surface area contributed by atoms with E-state index in [0.29, 0.717) is 28.1 Å². The van der Waals surface area contributed by atoms with Crippen LogP contribution in [0.5, 0.6) is 0 Å². The topological polar surface area (TPSA) is 104 Å². The Hall–Kier alpha value is -3.92. The Kier molecular flexibility index (Phi) is 6.72. The second kappa shape index (κ2) is 9.51. The quantitative estimate of drug-likeness (QED) is 0.288. The highest BCUT2D eigenvalue weighted by Gasteiger charge is 2.29. The van der Waals surface area contributed by atoms with Crippen LogP contribution in [-0.4, -0.2) is 47.7 Å². The van der Waals surface area contributed by atoms with E-state index in [1.54, 1.807) is 72.1 Å². The molecular formula is C26H29ClN6O4. The first-order valence-corrected chi connectivity index (χ1v) is 12.0. The number of carbonyl (C=O) groups is 2. The Morgan fingerprint density at radius 3 is 2.19 bits per heavy atom. The van der Waals surface area contributed by atoms with Gasteiger partial charge in [-0.1, -0.05) is 12.1 Å². The Labute approximate surface area is 219 Å². The first kappa shape index (κ1) is 26.2. The summed E-state index contributed by atoms with van der Waals surface area (Å²) in [6.07, 6.45) is 3.79. The molecule has 4 rings (SSSR count). The van der Waals surface area contributed by atoms with Gasteiger partial charge in [0.05, 0.1) is 17.4 Å². The standard InChI is InChI=1S/C26H29ClN6O4/c1-25(2,3)36-23(34)32-15-17(14-28-32)16-8-10-18(11-9-16)33(24(35)37-26(4,5)6)21-20-19(12-13-31(20)7)29-22(27)30-21/h8-15H,1-7H3. The smallest absolute Gasteiger partial charge is 0.435 e. The van der Waals surface area contributed by atoms with Gasteiger partial charge < -0.3 is 14.0 Å². The molecule has 0 saturated heterocycles. The van der Waals surface area contributed by atoms with Crippen LogP contribution in [0.2, 0.25) is 5.28 Å². The molecule has 37 heavy (non-hydrogen) atoms. The maximum absolute atomic E-state index is 13.4. The van der Waals surface area contributed by atoms with E-state index in [4.69, 9.17) is 21.1 Å². The van der Waals surface area contributed by atoms with Gasteiger partial charge in [0, 0.05) is 25.0 Å². The minimum atomic E-state index is -0.740. The van der Waals surface area contributed by atoms with Crippen LogP contribution in [0.15, 0.2) is 48.9 Å². The molecular weight excluding hydrogens is 496 g/mol. The number of hydrogen-bond acceptors (Lipinski definition) is 7. The monoisotopic (exact) mass is 524 g/mol. The van der Waals surface area contributed by atoms with Crippen LogP contribution in [0.25, 0.3) is 22.2 Å². The molecule has 0 N–H and O–H groups in total. The maximum atomic E-state index is 13.4. The summed E-state index contributed by atoms with van der Waals surface area (Å²) in [6, 6.07) is 8.94. The largest absolute Gasteiger partial charge is 0.443 e. The van der Waals surface area contributed by atoms with E-state index in [9.17, 15) is 9.59 Å². The third-order valence-electron chi connectivity index (χ3n) is 5.08. The van der Waals surface area contributed by atoms with Crippen LogP contribution in [-0.2, 0) is 16.5 Å². The molecule has 3 aromatic heterocycles. The molecule has 0 aliphatic rings. The lowest BCUT2D eigenvalue weighted by atomic mass is 10.1. The summed E-state index contributed by atoms with van der Waals surface area (Å²) in [5.41, 5.74) is 1.84. The van der Waals surface area contributed by atoms with Crippen molar-refractivity contribution in [2.75, 3.05) is 4.90 Å². The van der Waals surface area contributed by atoms with Crippen LogP contribution in [0, 0.1) is 0 Å². The molecule has 0 radical (unpaired) electrons. The lowest BCUT2D eigenvalue weighted by molar-refractivity contribution is 0.0513. The molecule has 0 aliphatic heterocycles. The van der Waals surface area contributed by atoms with Gasteiger partial charge >= 0.3 is 12.2 Å². The van der Waals surface area contributed by atoms with Crippen molar-refractivity contribution in [1.82, 2.24) is 24.3 Å². The summed E-state index contributed by atoms with van der Waals surface area (Å²) in [4.78, 5) is 35.8. The molecule has 0 spiro atoms. The second-order valence-electron chi connectivity index (χ2n) is 10.5. The van der Waals surface area contributed by atoms with Crippen molar-refractivity contribution in [3.8, 4) is 11.1 Å². The number of hydrogen-bond donors (Lipinski definition) is 0. The van der Waals surface area contributed by atoms with E-state index in [1.807, 2.05) is 29.9 Å². The number of halogens is 1. The van der Waals surface area contributed by atoms with Gasteiger partial charge in [-0.25, -0.2) is 19.5 Å². The van der Waals surface area contributed by atoms with E-state index in [1.165, 1.54) is 4.90 Å². The van der Waals surface area contributed by atoms with Gasteiger partial charge in [-0.15, -0.1) is 0 Å². The number of benzene rings is 1. The molecule has 0 saturated carbocycles. The maximum Gasteiger partial charge on any atom is 0.435 e. The van der Waals surface area contributed by atoms with E-state index in [2.05, 4.69) is 15.1 Å². The van der Waals surface area contributed by atoms with Crippen molar-refractivity contribution in [2.45, 2.75) is 52.7 Å². The van der Waals surface area contributed by atoms with Crippen LogP contribution in [0.3, 0.4) is 0 Å². The highest BCUT2D eigenvalue weighted by Crippen LogP contribution is 2.34. The molecule has 0 bridgehead atoms. The van der Waals surface area contributed by atoms with Gasteiger partial charge in [0.25, 0.3) is 0 Å². The molecule has 4 aromatic rings. The number of rotatable bonds is 3. The van der Waals surface area contributed by atoms with E-state index >= 15 is 0 Å². The Morgan fingerprint density at radius 1 is 0.919 bits per heavy atom. The fraction of sp³-hybridized carbons (Fsp3) is 0.346. The van der Waals surface area contributed by atoms with Crippen molar-refractivity contribution in [2.24, 2.45) is 7.05 Å². The van der Waals surface area contributed by atoms with Crippen LogP contribution in [0.1, 0.15) is 41.5 Å². The third-order valence-corrected chi connectivity index (χ3v) is 5.25. The van der Waals surface area contributed by atoms with Crippen LogP contribution >= 0.6 is 11.6 Å². The fourth-order valence-electron chi connectivity index (χ4n) is 3.60. The predicted octanol–water partition coefficient (Wildman–Crippen LogP) is 6.34. The number of anilines is 2. The number of carbonyl (C=O) groups excluding carboxylic acids is 2.